The first-order chi connectivity index (χ1) is 6.93. The molecule has 0 bridgehead atoms. The molecule has 1 atom stereocenters. The molecule has 1 aromatic rings. The molecule has 1 unspecified atom stereocenters. The number of halogens is 2. The molecular formula is C12H14ClFO. The number of aliphatic hydroxyl groups excluding tert-OH is 1. The highest BCUT2D eigenvalue weighted by Crippen LogP contribution is 2.64. The summed E-state index contributed by atoms with van der Waals surface area (Å²) in [4.78, 5) is 0. The third-order valence-corrected chi connectivity index (χ3v) is 3.87. The molecule has 1 aliphatic carbocycles. The van der Waals surface area contributed by atoms with E-state index in [1.807, 2.05) is 13.8 Å². The van der Waals surface area contributed by atoms with Gasteiger partial charge in [0.2, 0.25) is 0 Å². The zero-order valence-corrected chi connectivity index (χ0v) is 9.61. The van der Waals surface area contributed by atoms with Gasteiger partial charge in [-0.2, -0.15) is 0 Å². The molecule has 1 saturated carbocycles. The summed E-state index contributed by atoms with van der Waals surface area (Å²) in [6.45, 7) is 4.06. The summed E-state index contributed by atoms with van der Waals surface area (Å²) in [5.74, 6) is -0.317. The molecule has 0 radical (unpaired) electrons. The highest BCUT2D eigenvalue weighted by molar-refractivity contribution is 6.30. The SMILES string of the molecule is CC1(C)CC1(CO)c1ccc(Cl)cc1F. The summed E-state index contributed by atoms with van der Waals surface area (Å²) in [5, 5.41) is 9.83. The predicted octanol–water partition coefficient (Wildman–Crippen LogP) is 3.14. The molecular weight excluding hydrogens is 215 g/mol. The van der Waals surface area contributed by atoms with Crippen molar-refractivity contribution in [1.29, 1.82) is 0 Å². The van der Waals surface area contributed by atoms with Crippen molar-refractivity contribution in [1.82, 2.24) is 0 Å². The van der Waals surface area contributed by atoms with Crippen LogP contribution in [0.3, 0.4) is 0 Å². The van der Waals surface area contributed by atoms with Crippen molar-refractivity contribution < 1.29 is 9.50 Å². The fourth-order valence-electron chi connectivity index (χ4n) is 2.40. The molecule has 1 aromatic carbocycles. The highest BCUT2D eigenvalue weighted by Gasteiger charge is 2.62. The second-order valence-electron chi connectivity index (χ2n) is 4.93. The number of aliphatic hydroxyl groups is 1. The van der Waals surface area contributed by atoms with Gasteiger partial charge in [0.15, 0.2) is 0 Å². The van der Waals surface area contributed by atoms with Gasteiger partial charge in [-0.3, -0.25) is 0 Å². The van der Waals surface area contributed by atoms with Gasteiger partial charge in [0.25, 0.3) is 0 Å². The second-order valence-corrected chi connectivity index (χ2v) is 5.36. The van der Waals surface area contributed by atoms with E-state index in [0.29, 0.717) is 10.6 Å². The van der Waals surface area contributed by atoms with Crippen LogP contribution in [-0.2, 0) is 5.41 Å². The monoisotopic (exact) mass is 228 g/mol. The maximum absolute atomic E-state index is 13.7. The molecule has 3 heteroatoms. The molecule has 1 N–H and O–H groups in total. The van der Waals surface area contributed by atoms with Crippen LogP contribution in [0, 0.1) is 11.2 Å². The van der Waals surface area contributed by atoms with Gasteiger partial charge in [-0.25, -0.2) is 4.39 Å². The lowest BCUT2D eigenvalue weighted by molar-refractivity contribution is 0.228. The zero-order chi connectivity index (χ0) is 11.3. The van der Waals surface area contributed by atoms with E-state index < -0.39 is 5.41 Å². The van der Waals surface area contributed by atoms with E-state index in [4.69, 9.17) is 11.6 Å². The molecule has 0 aliphatic heterocycles. The van der Waals surface area contributed by atoms with E-state index in [1.54, 1.807) is 12.1 Å². The first kappa shape index (κ1) is 10.9. The second kappa shape index (κ2) is 3.19. The molecule has 82 valence electrons. The Kier molecular flexibility index (Phi) is 2.32. The fraction of sp³-hybridized carbons (Fsp3) is 0.500. The lowest BCUT2D eigenvalue weighted by atomic mass is 9.88. The van der Waals surface area contributed by atoms with E-state index in [1.165, 1.54) is 6.07 Å². The molecule has 0 spiro atoms. The number of hydrogen-bond donors (Lipinski definition) is 1. The van der Waals surface area contributed by atoms with Gasteiger partial charge in [0.05, 0.1) is 6.61 Å². The Bertz CT molecular complexity index is 403. The summed E-state index contributed by atoms with van der Waals surface area (Å²) in [6.07, 6.45) is 0.815. The minimum atomic E-state index is -0.415. The third-order valence-electron chi connectivity index (χ3n) is 3.63. The largest absolute Gasteiger partial charge is 0.395 e. The lowest BCUT2D eigenvalue weighted by Gasteiger charge is -2.19. The van der Waals surface area contributed by atoms with Crippen molar-refractivity contribution in [2.75, 3.05) is 6.61 Å². The van der Waals surface area contributed by atoms with Crippen LogP contribution in [0.25, 0.3) is 0 Å². The van der Waals surface area contributed by atoms with Crippen molar-refractivity contribution in [3.05, 3.63) is 34.6 Å². The Hall–Kier alpha value is -0.600. The summed E-state index contributed by atoms with van der Waals surface area (Å²) in [5.41, 5.74) is 0.136. The molecule has 2 rings (SSSR count). The van der Waals surface area contributed by atoms with Crippen LogP contribution in [0.15, 0.2) is 18.2 Å². The average molecular weight is 229 g/mol. The molecule has 0 heterocycles. The summed E-state index contributed by atoms with van der Waals surface area (Å²) in [6, 6.07) is 4.66. The van der Waals surface area contributed by atoms with E-state index in [-0.39, 0.29) is 17.8 Å². The van der Waals surface area contributed by atoms with E-state index >= 15 is 0 Å². The first-order valence-electron chi connectivity index (χ1n) is 4.99. The number of hydrogen-bond acceptors (Lipinski definition) is 1. The van der Waals surface area contributed by atoms with Crippen LogP contribution in [0.4, 0.5) is 4.39 Å². The van der Waals surface area contributed by atoms with Gasteiger partial charge >= 0.3 is 0 Å². The Morgan fingerprint density at radius 2 is 2.07 bits per heavy atom. The Balaban J connectivity index is 2.46. The smallest absolute Gasteiger partial charge is 0.128 e. The van der Waals surface area contributed by atoms with Crippen molar-refractivity contribution in [2.24, 2.45) is 5.41 Å². The standard InChI is InChI=1S/C12H14ClFO/c1-11(2)6-12(11,7-15)9-4-3-8(13)5-10(9)14/h3-5,15H,6-7H2,1-2H3. The van der Waals surface area contributed by atoms with Crippen LogP contribution < -0.4 is 0 Å². The molecule has 0 amide bonds. The summed E-state index contributed by atoms with van der Waals surface area (Å²) >= 11 is 5.70. The molecule has 1 aliphatic rings. The minimum Gasteiger partial charge on any atom is -0.395 e. The normalized spacial score (nSPS) is 27.8. The highest BCUT2D eigenvalue weighted by atomic mass is 35.5. The first-order valence-corrected chi connectivity index (χ1v) is 5.37. The van der Waals surface area contributed by atoms with Gasteiger partial charge in [0.1, 0.15) is 5.82 Å². The molecule has 1 nitrogen and oxygen atoms in total. The molecule has 0 aromatic heterocycles. The van der Waals surface area contributed by atoms with Crippen LogP contribution in [0.5, 0.6) is 0 Å². The Morgan fingerprint density at radius 3 is 2.47 bits per heavy atom. The van der Waals surface area contributed by atoms with Crippen LogP contribution in [0.2, 0.25) is 5.02 Å². The minimum absolute atomic E-state index is 0.0153. The fourth-order valence-corrected chi connectivity index (χ4v) is 2.56. The van der Waals surface area contributed by atoms with Crippen molar-refractivity contribution in [3.8, 4) is 0 Å². The zero-order valence-electron chi connectivity index (χ0n) is 8.85. The summed E-state index contributed by atoms with van der Waals surface area (Å²) < 4.78 is 13.7. The maximum atomic E-state index is 13.7. The Morgan fingerprint density at radius 1 is 1.47 bits per heavy atom. The van der Waals surface area contributed by atoms with E-state index in [9.17, 15) is 9.50 Å². The third kappa shape index (κ3) is 1.47. The van der Waals surface area contributed by atoms with Crippen LogP contribution in [-0.4, -0.2) is 11.7 Å². The quantitative estimate of drug-likeness (QED) is 0.825. The van der Waals surface area contributed by atoms with Gasteiger partial charge in [-0.1, -0.05) is 31.5 Å². The number of benzene rings is 1. The predicted molar refractivity (Wildman–Crippen MR) is 58.6 cm³/mol. The average Bonchev–Trinajstić information content (AvgIpc) is 2.69. The Labute approximate surface area is 93.9 Å². The van der Waals surface area contributed by atoms with Crippen molar-refractivity contribution in [3.63, 3.8) is 0 Å². The molecule has 15 heavy (non-hydrogen) atoms. The van der Waals surface area contributed by atoms with Gasteiger partial charge in [-0.05, 0) is 29.5 Å². The van der Waals surface area contributed by atoms with Gasteiger partial charge in [0, 0.05) is 10.4 Å². The topological polar surface area (TPSA) is 20.2 Å². The molecule has 1 fully saturated rings. The maximum Gasteiger partial charge on any atom is 0.128 e. The van der Waals surface area contributed by atoms with Crippen LogP contribution >= 0.6 is 11.6 Å². The lowest BCUT2D eigenvalue weighted by Crippen LogP contribution is -2.20. The van der Waals surface area contributed by atoms with Crippen molar-refractivity contribution in [2.45, 2.75) is 25.7 Å². The molecule has 0 saturated heterocycles. The van der Waals surface area contributed by atoms with Crippen LogP contribution in [0.1, 0.15) is 25.8 Å². The van der Waals surface area contributed by atoms with Gasteiger partial charge < -0.3 is 5.11 Å². The van der Waals surface area contributed by atoms with E-state index in [0.717, 1.165) is 6.42 Å². The van der Waals surface area contributed by atoms with E-state index in [2.05, 4.69) is 0 Å². The van der Waals surface area contributed by atoms with Crippen molar-refractivity contribution >= 4 is 11.6 Å². The summed E-state index contributed by atoms with van der Waals surface area (Å²) in [7, 11) is 0. The number of rotatable bonds is 2. The van der Waals surface area contributed by atoms with Gasteiger partial charge in [-0.15, -0.1) is 0 Å².